The van der Waals surface area contributed by atoms with Crippen molar-refractivity contribution in [1.82, 2.24) is 9.55 Å². The van der Waals surface area contributed by atoms with Gasteiger partial charge in [-0.05, 0) is 22.4 Å². The molecule has 0 atom stereocenters. The maximum atomic E-state index is 12.0. The number of carbonyl (C=O) groups is 1. The number of nitro groups is 1. The molecule has 2 rings (SSSR count). The Labute approximate surface area is 103 Å². The molecule has 0 amide bonds. The third-order valence-corrected chi connectivity index (χ3v) is 2.58. The van der Waals surface area contributed by atoms with Gasteiger partial charge in [-0.2, -0.15) is 0 Å². The number of imidazole rings is 1. The summed E-state index contributed by atoms with van der Waals surface area (Å²) in [6.07, 6.45) is 2.53. The van der Waals surface area contributed by atoms with E-state index in [9.17, 15) is 14.9 Å². The quantitative estimate of drug-likeness (QED) is 0.468. The van der Waals surface area contributed by atoms with Gasteiger partial charge in [-0.1, -0.05) is 24.3 Å². The van der Waals surface area contributed by atoms with Gasteiger partial charge in [-0.15, -0.1) is 0 Å². The maximum absolute atomic E-state index is 12.0. The Morgan fingerprint density at radius 2 is 2.17 bits per heavy atom. The van der Waals surface area contributed by atoms with E-state index in [0.717, 1.165) is 5.56 Å². The molecule has 0 saturated carbocycles. The van der Waals surface area contributed by atoms with Crippen LogP contribution in [0.5, 0.6) is 0 Å². The van der Waals surface area contributed by atoms with Crippen LogP contribution in [-0.2, 0) is 6.54 Å². The third-order valence-electron chi connectivity index (χ3n) is 2.58. The number of ketones is 1. The first-order valence-electron chi connectivity index (χ1n) is 5.33. The fraction of sp³-hybridized carbons (Fsp3) is 0.167. The molecule has 0 spiro atoms. The average Bonchev–Trinajstić information content (AvgIpc) is 2.78. The van der Waals surface area contributed by atoms with Crippen molar-refractivity contribution >= 4 is 11.6 Å². The molecular formula is C12H11N3O3. The fourth-order valence-corrected chi connectivity index (χ4v) is 1.67. The third kappa shape index (κ3) is 2.42. The number of hydrogen-bond donors (Lipinski definition) is 0. The topological polar surface area (TPSA) is 78.0 Å². The molecule has 1 aromatic carbocycles. The van der Waals surface area contributed by atoms with Gasteiger partial charge in [0.05, 0.1) is 6.54 Å². The summed E-state index contributed by atoms with van der Waals surface area (Å²) in [7, 11) is 0. The van der Waals surface area contributed by atoms with Gasteiger partial charge in [0, 0.05) is 5.56 Å². The van der Waals surface area contributed by atoms with E-state index < -0.39 is 4.92 Å². The molecule has 0 aliphatic rings. The first-order chi connectivity index (χ1) is 8.58. The van der Waals surface area contributed by atoms with E-state index in [1.54, 1.807) is 12.1 Å². The second-order valence-corrected chi connectivity index (χ2v) is 3.90. The van der Waals surface area contributed by atoms with Crippen LogP contribution in [-0.4, -0.2) is 20.3 Å². The Balaban J connectivity index is 2.16. The van der Waals surface area contributed by atoms with Gasteiger partial charge >= 0.3 is 5.82 Å². The standard InChI is InChI=1S/C12H11N3O3/c1-9-4-2-3-5-10(9)11(16)6-14-7-12(13-8-14)15(17)18/h2-5,7-8H,6H2,1H3. The number of hydrogen-bond acceptors (Lipinski definition) is 4. The van der Waals surface area contributed by atoms with Gasteiger partial charge in [0.25, 0.3) is 0 Å². The lowest BCUT2D eigenvalue weighted by Crippen LogP contribution is -2.10. The summed E-state index contributed by atoms with van der Waals surface area (Å²) in [6, 6.07) is 7.23. The summed E-state index contributed by atoms with van der Waals surface area (Å²) in [5, 5.41) is 10.5. The minimum atomic E-state index is -0.589. The van der Waals surface area contributed by atoms with Gasteiger partial charge in [0.15, 0.2) is 5.78 Å². The van der Waals surface area contributed by atoms with Crippen LogP contribution < -0.4 is 0 Å². The molecule has 6 heteroatoms. The summed E-state index contributed by atoms with van der Waals surface area (Å²) in [5.74, 6) is -0.354. The van der Waals surface area contributed by atoms with Crippen molar-refractivity contribution in [2.24, 2.45) is 0 Å². The molecule has 0 aliphatic heterocycles. The van der Waals surface area contributed by atoms with E-state index in [-0.39, 0.29) is 18.1 Å². The Bertz CT molecular complexity index is 604. The van der Waals surface area contributed by atoms with Crippen molar-refractivity contribution in [3.8, 4) is 0 Å². The molecule has 1 aromatic heterocycles. The minimum absolute atomic E-state index is 0.0473. The molecule has 0 saturated heterocycles. The Morgan fingerprint density at radius 3 is 2.78 bits per heavy atom. The van der Waals surface area contributed by atoms with Gasteiger partial charge in [0.1, 0.15) is 6.20 Å². The minimum Gasteiger partial charge on any atom is -0.358 e. The van der Waals surface area contributed by atoms with E-state index in [1.165, 1.54) is 17.1 Å². The lowest BCUT2D eigenvalue weighted by molar-refractivity contribution is -0.389. The molecule has 6 nitrogen and oxygen atoms in total. The van der Waals surface area contributed by atoms with E-state index in [4.69, 9.17) is 0 Å². The zero-order valence-electron chi connectivity index (χ0n) is 9.74. The van der Waals surface area contributed by atoms with Crippen LogP contribution in [0.15, 0.2) is 36.8 Å². The summed E-state index contributed by atoms with van der Waals surface area (Å²) >= 11 is 0. The Kier molecular flexibility index (Phi) is 3.18. The second kappa shape index (κ2) is 4.79. The van der Waals surface area contributed by atoms with Gasteiger partial charge in [0.2, 0.25) is 6.33 Å². The number of carbonyl (C=O) groups excluding carboxylic acids is 1. The van der Waals surface area contributed by atoms with Crippen molar-refractivity contribution in [2.75, 3.05) is 0 Å². The SMILES string of the molecule is Cc1ccccc1C(=O)Cn1cnc([N+](=O)[O-])c1. The average molecular weight is 245 g/mol. The molecular weight excluding hydrogens is 234 g/mol. The molecule has 0 unspecified atom stereocenters. The molecule has 1 heterocycles. The predicted octanol–water partition coefficient (Wildman–Crippen LogP) is 1.98. The normalized spacial score (nSPS) is 10.3. The van der Waals surface area contributed by atoms with Crippen molar-refractivity contribution < 1.29 is 9.72 Å². The molecule has 0 bridgehead atoms. The highest BCUT2D eigenvalue weighted by molar-refractivity contribution is 5.97. The zero-order valence-corrected chi connectivity index (χ0v) is 9.74. The van der Waals surface area contributed by atoms with Crippen LogP contribution in [0.2, 0.25) is 0 Å². The maximum Gasteiger partial charge on any atom is 0.381 e. The van der Waals surface area contributed by atoms with Gasteiger partial charge in [-0.25, -0.2) is 0 Å². The highest BCUT2D eigenvalue weighted by atomic mass is 16.6. The molecule has 92 valence electrons. The number of Topliss-reactive ketones (excluding diaryl/α,β-unsaturated/α-hetero) is 1. The first kappa shape index (κ1) is 12.0. The van der Waals surface area contributed by atoms with Crippen LogP contribution in [0.3, 0.4) is 0 Å². The molecule has 2 aromatic rings. The van der Waals surface area contributed by atoms with Crippen molar-refractivity contribution in [2.45, 2.75) is 13.5 Å². The number of aromatic nitrogens is 2. The number of nitrogens with zero attached hydrogens (tertiary/aromatic N) is 3. The van der Waals surface area contributed by atoms with Crippen LogP contribution in [0.1, 0.15) is 15.9 Å². The van der Waals surface area contributed by atoms with E-state index in [1.807, 2.05) is 19.1 Å². The molecule has 0 fully saturated rings. The van der Waals surface area contributed by atoms with Crippen LogP contribution in [0, 0.1) is 17.0 Å². The molecule has 0 aliphatic carbocycles. The highest BCUT2D eigenvalue weighted by Crippen LogP contribution is 2.11. The predicted molar refractivity (Wildman–Crippen MR) is 64.4 cm³/mol. The number of benzene rings is 1. The van der Waals surface area contributed by atoms with Crippen molar-refractivity contribution in [1.29, 1.82) is 0 Å². The summed E-state index contributed by atoms with van der Waals surface area (Å²) in [5.41, 5.74) is 1.51. The highest BCUT2D eigenvalue weighted by Gasteiger charge is 2.14. The monoisotopic (exact) mass is 245 g/mol. The Hall–Kier alpha value is -2.50. The number of rotatable bonds is 4. The fourth-order valence-electron chi connectivity index (χ4n) is 1.67. The van der Waals surface area contributed by atoms with Gasteiger partial charge in [-0.3, -0.25) is 4.79 Å². The smallest absolute Gasteiger partial charge is 0.358 e. The van der Waals surface area contributed by atoms with Crippen LogP contribution in [0.25, 0.3) is 0 Å². The Morgan fingerprint density at radius 1 is 1.44 bits per heavy atom. The first-order valence-corrected chi connectivity index (χ1v) is 5.33. The molecule has 0 radical (unpaired) electrons. The molecule has 0 N–H and O–H groups in total. The summed E-state index contributed by atoms with van der Waals surface area (Å²) in [4.78, 5) is 25.5. The van der Waals surface area contributed by atoms with Gasteiger partial charge < -0.3 is 14.7 Å². The lowest BCUT2D eigenvalue weighted by atomic mass is 10.1. The number of aryl methyl sites for hydroxylation is 1. The zero-order chi connectivity index (χ0) is 13.1. The van der Waals surface area contributed by atoms with E-state index in [2.05, 4.69) is 4.98 Å². The summed E-state index contributed by atoms with van der Waals surface area (Å²) < 4.78 is 1.41. The molecule has 18 heavy (non-hydrogen) atoms. The van der Waals surface area contributed by atoms with Crippen LogP contribution >= 0.6 is 0 Å². The second-order valence-electron chi connectivity index (χ2n) is 3.90. The largest absolute Gasteiger partial charge is 0.381 e. The van der Waals surface area contributed by atoms with Crippen molar-refractivity contribution in [3.63, 3.8) is 0 Å². The van der Waals surface area contributed by atoms with E-state index in [0.29, 0.717) is 5.56 Å². The van der Waals surface area contributed by atoms with Crippen molar-refractivity contribution in [3.05, 3.63) is 58.0 Å². The van der Waals surface area contributed by atoms with E-state index >= 15 is 0 Å². The lowest BCUT2D eigenvalue weighted by Gasteiger charge is -2.03. The van der Waals surface area contributed by atoms with Crippen LogP contribution in [0.4, 0.5) is 5.82 Å². The summed E-state index contributed by atoms with van der Waals surface area (Å²) in [6.45, 7) is 1.90.